The smallest absolute Gasteiger partial charge is 0.253 e. The third-order valence-corrected chi connectivity index (χ3v) is 7.58. The quantitative estimate of drug-likeness (QED) is 0.730. The Balaban J connectivity index is 1.30. The molecule has 3 heterocycles. The number of alkyl halides is 2. The normalized spacial score (nSPS) is 28.7. The molecule has 1 aliphatic carbocycles. The van der Waals surface area contributed by atoms with Gasteiger partial charge < -0.3 is 14.4 Å². The number of ether oxygens (including phenoxy) is 2. The number of morpholine rings is 1. The highest BCUT2D eigenvalue weighted by molar-refractivity contribution is 5.94. The largest absolute Gasteiger partial charge is 0.497 e. The first-order chi connectivity index (χ1) is 14.9. The Bertz CT molecular complexity index is 803. The van der Waals surface area contributed by atoms with Gasteiger partial charge in [-0.05, 0) is 37.1 Å². The van der Waals surface area contributed by atoms with Gasteiger partial charge in [0.05, 0.1) is 31.9 Å². The maximum Gasteiger partial charge on any atom is 0.253 e. The number of fused-ring (bicyclic) bond motifs is 2. The van der Waals surface area contributed by atoms with E-state index in [1.807, 2.05) is 29.2 Å². The summed E-state index contributed by atoms with van der Waals surface area (Å²) in [7, 11) is 1.61. The number of methoxy groups -OCH3 is 1. The number of rotatable bonds is 3. The van der Waals surface area contributed by atoms with Gasteiger partial charge in [0.15, 0.2) is 0 Å². The van der Waals surface area contributed by atoms with Crippen LogP contribution in [0.2, 0.25) is 0 Å². The highest BCUT2D eigenvalue weighted by Crippen LogP contribution is 2.42. The highest BCUT2D eigenvalue weighted by Gasteiger charge is 2.56. The second-order valence-corrected chi connectivity index (χ2v) is 9.55. The van der Waals surface area contributed by atoms with E-state index in [4.69, 9.17) is 9.47 Å². The lowest BCUT2D eigenvalue weighted by molar-refractivity contribution is -0.173. The Morgan fingerprint density at radius 2 is 1.81 bits per heavy atom. The van der Waals surface area contributed by atoms with Crippen molar-refractivity contribution in [1.82, 2.24) is 14.7 Å². The molecule has 1 unspecified atom stereocenters. The molecule has 3 saturated heterocycles. The zero-order valence-electron chi connectivity index (χ0n) is 18.1. The van der Waals surface area contributed by atoms with Gasteiger partial charge in [-0.1, -0.05) is 0 Å². The minimum absolute atomic E-state index is 0.0105. The first kappa shape index (κ1) is 21.1. The molecule has 1 saturated carbocycles. The molecule has 4 fully saturated rings. The van der Waals surface area contributed by atoms with Crippen LogP contribution < -0.4 is 4.74 Å². The fourth-order valence-electron chi connectivity index (χ4n) is 5.91. The van der Waals surface area contributed by atoms with Gasteiger partial charge in [0.25, 0.3) is 5.91 Å². The SMILES string of the molecule is COc1ccc(C(=O)N2CC3COCCN3C3(C2)CN(C2CCC(F)(F)CC2)C3)cc1. The van der Waals surface area contributed by atoms with Gasteiger partial charge >= 0.3 is 0 Å². The van der Waals surface area contributed by atoms with E-state index in [1.165, 1.54) is 0 Å². The van der Waals surface area contributed by atoms with Crippen molar-refractivity contribution in [2.45, 2.75) is 49.2 Å². The van der Waals surface area contributed by atoms with Crippen LogP contribution in [-0.4, -0.2) is 97.2 Å². The van der Waals surface area contributed by atoms with Crippen LogP contribution in [0.1, 0.15) is 36.0 Å². The average molecular weight is 436 g/mol. The highest BCUT2D eigenvalue weighted by atomic mass is 19.3. The van der Waals surface area contributed by atoms with Gasteiger partial charge in [-0.15, -0.1) is 0 Å². The Labute approximate surface area is 182 Å². The van der Waals surface area contributed by atoms with Crippen molar-refractivity contribution < 1.29 is 23.0 Å². The number of benzene rings is 1. The summed E-state index contributed by atoms with van der Waals surface area (Å²) in [6.07, 6.45) is 1.10. The van der Waals surface area contributed by atoms with Crippen molar-refractivity contribution in [3.8, 4) is 5.75 Å². The monoisotopic (exact) mass is 435 g/mol. The van der Waals surface area contributed by atoms with E-state index in [-0.39, 0.29) is 36.4 Å². The molecule has 1 aromatic carbocycles. The Morgan fingerprint density at radius 1 is 1.10 bits per heavy atom. The Hall–Kier alpha value is -1.77. The molecule has 31 heavy (non-hydrogen) atoms. The molecular formula is C23H31F2N3O3. The predicted octanol–water partition coefficient (Wildman–Crippen LogP) is 2.48. The van der Waals surface area contributed by atoms with Crippen LogP contribution in [0.5, 0.6) is 5.75 Å². The molecule has 0 aromatic heterocycles. The molecular weight excluding hydrogens is 404 g/mol. The molecule has 6 nitrogen and oxygen atoms in total. The standard InChI is InChI=1S/C23H31F2N3O3/c1-30-20-4-2-17(3-5-20)21(29)26-12-19-13-31-11-10-28(19)22(14-26)15-27(16-22)18-6-8-23(24,25)9-7-18/h2-5,18-19H,6-16H2,1H3. The number of hydrogen-bond donors (Lipinski definition) is 0. The molecule has 1 atom stereocenters. The summed E-state index contributed by atoms with van der Waals surface area (Å²) < 4.78 is 38.1. The fourth-order valence-corrected chi connectivity index (χ4v) is 5.91. The maximum absolute atomic E-state index is 13.6. The molecule has 0 radical (unpaired) electrons. The van der Waals surface area contributed by atoms with Crippen molar-refractivity contribution in [1.29, 1.82) is 0 Å². The van der Waals surface area contributed by atoms with Crippen LogP contribution in [0.25, 0.3) is 0 Å². The molecule has 1 amide bonds. The van der Waals surface area contributed by atoms with E-state index in [0.29, 0.717) is 44.7 Å². The number of piperazine rings is 1. The lowest BCUT2D eigenvalue weighted by atomic mass is 9.79. The van der Waals surface area contributed by atoms with Gasteiger partial charge in [0.1, 0.15) is 5.75 Å². The van der Waals surface area contributed by atoms with E-state index in [9.17, 15) is 13.6 Å². The molecule has 5 rings (SSSR count). The second kappa shape index (κ2) is 7.98. The molecule has 8 heteroatoms. The van der Waals surface area contributed by atoms with E-state index in [1.54, 1.807) is 7.11 Å². The van der Waals surface area contributed by atoms with Gasteiger partial charge in [0.2, 0.25) is 5.92 Å². The van der Waals surface area contributed by atoms with Crippen molar-refractivity contribution in [2.75, 3.05) is 53.0 Å². The first-order valence-electron chi connectivity index (χ1n) is 11.3. The third-order valence-electron chi connectivity index (χ3n) is 7.58. The molecule has 3 aliphatic heterocycles. The average Bonchev–Trinajstić information content (AvgIpc) is 2.76. The number of hydrogen-bond acceptors (Lipinski definition) is 5. The van der Waals surface area contributed by atoms with Crippen LogP contribution in [0.15, 0.2) is 24.3 Å². The van der Waals surface area contributed by atoms with Crippen LogP contribution in [0, 0.1) is 0 Å². The molecule has 4 aliphatic rings. The van der Waals surface area contributed by atoms with Crippen molar-refractivity contribution in [3.63, 3.8) is 0 Å². The number of carbonyl (C=O) groups excluding carboxylic acids is 1. The number of amides is 1. The molecule has 170 valence electrons. The number of carbonyl (C=O) groups is 1. The Morgan fingerprint density at radius 3 is 2.48 bits per heavy atom. The number of likely N-dealkylation sites (tertiary alicyclic amines) is 1. The number of nitrogens with zero attached hydrogens (tertiary/aromatic N) is 3. The zero-order valence-corrected chi connectivity index (χ0v) is 18.1. The van der Waals surface area contributed by atoms with Crippen LogP contribution >= 0.6 is 0 Å². The zero-order chi connectivity index (χ0) is 21.6. The molecule has 0 N–H and O–H groups in total. The Kier molecular flexibility index (Phi) is 5.43. The minimum Gasteiger partial charge on any atom is -0.497 e. The second-order valence-electron chi connectivity index (χ2n) is 9.55. The van der Waals surface area contributed by atoms with Crippen molar-refractivity contribution in [2.24, 2.45) is 0 Å². The maximum atomic E-state index is 13.6. The summed E-state index contributed by atoms with van der Waals surface area (Å²) in [4.78, 5) is 20.1. The lowest BCUT2D eigenvalue weighted by Crippen LogP contribution is -2.81. The topological polar surface area (TPSA) is 45.2 Å². The van der Waals surface area contributed by atoms with E-state index in [2.05, 4.69) is 9.80 Å². The fraction of sp³-hybridized carbons (Fsp3) is 0.696. The molecule has 1 aromatic rings. The summed E-state index contributed by atoms with van der Waals surface area (Å²) in [5, 5.41) is 0. The summed E-state index contributed by atoms with van der Waals surface area (Å²) in [6, 6.07) is 7.67. The van der Waals surface area contributed by atoms with Crippen molar-refractivity contribution in [3.05, 3.63) is 29.8 Å². The van der Waals surface area contributed by atoms with E-state index in [0.717, 1.165) is 25.4 Å². The van der Waals surface area contributed by atoms with Gasteiger partial charge in [-0.2, -0.15) is 0 Å². The summed E-state index contributed by atoms with van der Waals surface area (Å²) in [5.41, 5.74) is 0.557. The van der Waals surface area contributed by atoms with Crippen LogP contribution in [-0.2, 0) is 4.74 Å². The molecule has 1 spiro atoms. The predicted molar refractivity (Wildman–Crippen MR) is 112 cm³/mol. The summed E-state index contributed by atoms with van der Waals surface area (Å²) >= 11 is 0. The van der Waals surface area contributed by atoms with Gasteiger partial charge in [0, 0.05) is 57.2 Å². The third kappa shape index (κ3) is 3.94. The number of halogens is 2. The minimum atomic E-state index is -2.50. The van der Waals surface area contributed by atoms with E-state index < -0.39 is 5.92 Å². The molecule has 0 bridgehead atoms. The van der Waals surface area contributed by atoms with E-state index >= 15 is 0 Å². The van der Waals surface area contributed by atoms with Gasteiger partial charge in [-0.3, -0.25) is 14.6 Å². The van der Waals surface area contributed by atoms with Crippen LogP contribution in [0.3, 0.4) is 0 Å². The summed E-state index contributed by atoms with van der Waals surface area (Å²) in [6.45, 7) is 5.21. The lowest BCUT2D eigenvalue weighted by Gasteiger charge is -2.65. The van der Waals surface area contributed by atoms with Crippen LogP contribution in [0.4, 0.5) is 8.78 Å². The van der Waals surface area contributed by atoms with Crippen molar-refractivity contribution >= 4 is 5.91 Å². The first-order valence-corrected chi connectivity index (χ1v) is 11.3. The van der Waals surface area contributed by atoms with Gasteiger partial charge in [-0.25, -0.2) is 8.78 Å². The summed E-state index contributed by atoms with van der Waals surface area (Å²) in [5.74, 6) is -1.74.